The van der Waals surface area contributed by atoms with E-state index in [1.807, 2.05) is 62.4 Å². The molecular weight excluding hydrogens is 288 g/mol. The third-order valence-corrected chi connectivity index (χ3v) is 4.01. The molecule has 0 aliphatic carbocycles. The van der Waals surface area contributed by atoms with E-state index in [4.69, 9.17) is 5.11 Å². The Morgan fingerprint density at radius 2 is 1.83 bits per heavy atom. The highest BCUT2D eigenvalue weighted by Crippen LogP contribution is 2.20. The van der Waals surface area contributed by atoms with Crippen LogP contribution < -0.4 is 10.6 Å². The van der Waals surface area contributed by atoms with Crippen molar-refractivity contribution >= 4 is 11.7 Å². The van der Waals surface area contributed by atoms with Gasteiger partial charge in [-0.1, -0.05) is 42.5 Å². The van der Waals surface area contributed by atoms with Gasteiger partial charge in [0.1, 0.15) is 0 Å². The molecule has 0 radical (unpaired) electrons. The van der Waals surface area contributed by atoms with Crippen LogP contribution in [-0.4, -0.2) is 17.7 Å². The fraction of sp³-hybridized carbons (Fsp3) is 0.316. The second kappa shape index (κ2) is 8.34. The third-order valence-electron chi connectivity index (χ3n) is 4.01. The maximum absolute atomic E-state index is 12.3. The number of nitrogens with one attached hydrogen (secondary N) is 2. The second-order valence-electron chi connectivity index (χ2n) is 5.68. The van der Waals surface area contributed by atoms with E-state index in [0.717, 1.165) is 22.4 Å². The highest BCUT2D eigenvalue weighted by atomic mass is 16.3. The predicted molar refractivity (Wildman–Crippen MR) is 93.6 cm³/mol. The lowest BCUT2D eigenvalue weighted by atomic mass is 10.0. The summed E-state index contributed by atoms with van der Waals surface area (Å²) in [6, 6.07) is 15.3. The molecule has 0 spiro atoms. The first-order chi connectivity index (χ1) is 11.1. The van der Waals surface area contributed by atoms with E-state index in [1.54, 1.807) is 0 Å². The zero-order valence-corrected chi connectivity index (χ0v) is 13.7. The molecule has 3 N–H and O–H groups in total. The van der Waals surface area contributed by atoms with Crippen molar-refractivity contribution in [2.45, 2.75) is 32.7 Å². The number of benzene rings is 2. The summed E-state index contributed by atoms with van der Waals surface area (Å²) in [6.45, 7) is 4.13. The Kier molecular flexibility index (Phi) is 6.18. The fourth-order valence-electron chi connectivity index (χ4n) is 2.51. The van der Waals surface area contributed by atoms with E-state index >= 15 is 0 Å². The van der Waals surface area contributed by atoms with Gasteiger partial charge in [0, 0.05) is 12.3 Å². The Morgan fingerprint density at radius 1 is 1.09 bits per heavy atom. The quantitative estimate of drug-likeness (QED) is 0.756. The monoisotopic (exact) mass is 312 g/mol. The summed E-state index contributed by atoms with van der Waals surface area (Å²) in [7, 11) is 0. The first kappa shape index (κ1) is 17.0. The molecule has 2 aromatic carbocycles. The lowest BCUT2D eigenvalue weighted by Crippen LogP contribution is -2.33. The molecule has 2 aromatic rings. The van der Waals surface area contributed by atoms with Crippen LogP contribution in [0.15, 0.2) is 48.5 Å². The lowest BCUT2D eigenvalue weighted by Gasteiger charge is -2.20. The fourth-order valence-corrected chi connectivity index (χ4v) is 2.51. The highest BCUT2D eigenvalue weighted by Gasteiger charge is 2.14. The molecule has 0 bridgehead atoms. The van der Waals surface area contributed by atoms with E-state index < -0.39 is 0 Å². The number of aliphatic hydroxyl groups is 1. The maximum Gasteiger partial charge on any atom is 0.319 e. The Balaban J connectivity index is 2.07. The minimum Gasteiger partial charge on any atom is -0.396 e. The third kappa shape index (κ3) is 4.83. The largest absolute Gasteiger partial charge is 0.396 e. The molecule has 0 aromatic heterocycles. The van der Waals surface area contributed by atoms with Gasteiger partial charge in [-0.3, -0.25) is 0 Å². The number of hydrogen-bond donors (Lipinski definition) is 3. The summed E-state index contributed by atoms with van der Waals surface area (Å²) >= 11 is 0. The van der Waals surface area contributed by atoms with Gasteiger partial charge in [0.05, 0.1) is 6.04 Å². The summed E-state index contributed by atoms with van der Waals surface area (Å²) in [4.78, 5) is 12.3. The number of aryl methyl sites for hydroxylation is 1. The number of carbonyl (C=O) groups is 1. The van der Waals surface area contributed by atoms with Crippen LogP contribution in [-0.2, 0) is 0 Å². The Labute approximate surface area is 137 Å². The molecule has 1 unspecified atom stereocenters. The molecular formula is C19H24N2O2. The molecule has 4 nitrogen and oxygen atoms in total. The van der Waals surface area contributed by atoms with Gasteiger partial charge < -0.3 is 15.7 Å². The molecule has 0 aliphatic rings. The normalized spacial score (nSPS) is 11.8. The molecule has 0 saturated heterocycles. The van der Waals surface area contributed by atoms with Crippen LogP contribution in [0.2, 0.25) is 0 Å². The van der Waals surface area contributed by atoms with Crippen molar-refractivity contribution in [3.05, 3.63) is 65.2 Å². The number of rotatable bonds is 6. The number of anilines is 1. The first-order valence-electron chi connectivity index (χ1n) is 7.91. The molecule has 23 heavy (non-hydrogen) atoms. The standard InChI is InChI=1S/C19H24N2O2/c1-14-8-6-11-17(15(14)2)20-19(23)21-18(12-7-13-22)16-9-4-3-5-10-16/h3-6,8-11,18,22H,7,12-13H2,1-2H3,(H2,20,21,23). The summed E-state index contributed by atoms with van der Waals surface area (Å²) in [5.74, 6) is 0. The van der Waals surface area contributed by atoms with Crippen LogP contribution in [0.5, 0.6) is 0 Å². The Hall–Kier alpha value is -2.33. The smallest absolute Gasteiger partial charge is 0.319 e. The summed E-state index contributed by atoms with van der Waals surface area (Å²) < 4.78 is 0. The van der Waals surface area contributed by atoms with Gasteiger partial charge in [0.25, 0.3) is 0 Å². The van der Waals surface area contributed by atoms with Gasteiger partial charge in [-0.05, 0) is 49.4 Å². The number of amides is 2. The number of carbonyl (C=O) groups excluding carboxylic acids is 1. The van der Waals surface area contributed by atoms with Crippen LogP contribution in [0, 0.1) is 13.8 Å². The summed E-state index contributed by atoms with van der Waals surface area (Å²) in [6.07, 6.45) is 1.34. The lowest BCUT2D eigenvalue weighted by molar-refractivity contribution is 0.244. The molecule has 0 saturated carbocycles. The van der Waals surface area contributed by atoms with Gasteiger partial charge in [-0.2, -0.15) is 0 Å². The van der Waals surface area contributed by atoms with Gasteiger partial charge in [-0.25, -0.2) is 4.79 Å². The molecule has 2 amide bonds. The van der Waals surface area contributed by atoms with Crippen LogP contribution in [0.1, 0.15) is 35.6 Å². The molecule has 2 rings (SSSR count). The first-order valence-corrected chi connectivity index (χ1v) is 7.91. The Bertz CT molecular complexity index is 641. The van der Waals surface area contributed by atoms with Crippen molar-refractivity contribution in [1.82, 2.24) is 5.32 Å². The van der Waals surface area contributed by atoms with Crippen LogP contribution in [0.4, 0.5) is 10.5 Å². The van der Waals surface area contributed by atoms with E-state index in [2.05, 4.69) is 10.6 Å². The highest BCUT2D eigenvalue weighted by molar-refractivity contribution is 5.90. The van der Waals surface area contributed by atoms with Gasteiger partial charge in [0.15, 0.2) is 0 Å². The summed E-state index contributed by atoms with van der Waals surface area (Å²) in [5.41, 5.74) is 4.06. The average Bonchev–Trinajstić information content (AvgIpc) is 2.56. The predicted octanol–water partition coefficient (Wildman–Crippen LogP) is 3.94. The maximum atomic E-state index is 12.3. The van der Waals surface area contributed by atoms with Crippen LogP contribution in [0.3, 0.4) is 0 Å². The minimum absolute atomic E-state index is 0.115. The van der Waals surface area contributed by atoms with E-state index in [9.17, 15) is 4.79 Å². The molecule has 4 heteroatoms. The van der Waals surface area contributed by atoms with Crippen molar-refractivity contribution in [2.75, 3.05) is 11.9 Å². The number of aliphatic hydroxyl groups excluding tert-OH is 1. The van der Waals surface area contributed by atoms with Crippen molar-refractivity contribution in [3.63, 3.8) is 0 Å². The van der Waals surface area contributed by atoms with Gasteiger partial charge in [0.2, 0.25) is 0 Å². The second-order valence-corrected chi connectivity index (χ2v) is 5.68. The van der Waals surface area contributed by atoms with Crippen molar-refractivity contribution in [1.29, 1.82) is 0 Å². The molecule has 0 fully saturated rings. The minimum atomic E-state index is -0.231. The molecule has 0 heterocycles. The van der Waals surface area contributed by atoms with Crippen LogP contribution in [0.25, 0.3) is 0 Å². The van der Waals surface area contributed by atoms with Crippen molar-refractivity contribution in [2.24, 2.45) is 0 Å². The van der Waals surface area contributed by atoms with E-state index in [-0.39, 0.29) is 18.7 Å². The number of urea groups is 1. The molecule has 1 atom stereocenters. The zero-order chi connectivity index (χ0) is 16.7. The SMILES string of the molecule is Cc1cccc(NC(=O)NC(CCCO)c2ccccc2)c1C. The van der Waals surface area contributed by atoms with Gasteiger partial charge in [-0.15, -0.1) is 0 Å². The van der Waals surface area contributed by atoms with Crippen molar-refractivity contribution < 1.29 is 9.90 Å². The van der Waals surface area contributed by atoms with Gasteiger partial charge >= 0.3 is 6.03 Å². The molecule has 0 aliphatic heterocycles. The van der Waals surface area contributed by atoms with E-state index in [1.165, 1.54) is 0 Å². The Morgan fingerprint density at radius 3 is 2.52 bits per heavy atom. The average molecular weight is 312 g/mol. The van der Waals surface area contributed by atoms with E-state index in [0.29, 0.717) is 12.8 Å². The summed E-state index contributed by atoms with van der Waals surface area (Å²) in [5, 5.41) is 15.0. The zero-order valence-electron chi connectivity index (χ0n) is 13.7. The molecule has 122 valence electrons. The van der Waals surface area contributed by atoms with Crippen molar-refractivity contribution in [3.8, 4) is 0 Å². The topological polar surface area (TPSA) is 61.4 Å². The van der Waals surface area contributed by atoms with Crippen LogP contribution >= 0.6 is 0 Å². The number of hydrogen-bond acceptors (Lipinski definition) is 2.